The maximum Gasteiger partial charge on any atom is 0.254 e. The van der Waals surface area contributed by atoms with Gasteiger partial charge in [-0.2, -0.15) is 10.4 Å². The van der Waals surface area contributed by atoms with Crippen LogP contribution in [-0.4, -0.2) is 28.8 Å². The average molecular weight is 278 g/mol. The maximum atomic E-state index is 11.2. The number of hydrogen-bond acceptors (Lipinski definition) is 5. The van der Waals surface area contributed by atoms with Crippen molar-refractivity contribution in [3.63, 3.8) is 0 Å². The predicted octanol–water partition coefficient (Wildman–Crippen LogP) is 0.583. The zero-order valence-electron chi connectivity index (χ0n) is 12.0. The highest BCUT2D eigenvalue weighted by molar-refractivity contribution is 5.96. The van der Waals surface area contributed by atoms with Crippen molar-refractivity contribution in [3.8, 4) is 6.07 Å². The first kappa shape index (κ1) is 16.0. The van der Waals surface area contributed by atoms with Gasteiger partial charge in [-0.15, -0.1) is 0 Å². The number of nitrogens with one attached hydrogen (secondary N) is 1. The lowest BCUT2D eigenvalue weighted by Crippen LogP contribution is -2.44. The number of carbonyl (C=O) groups excluding carboxylic acids is 1. The molecule has 110 valence electrons. The number of amides is 1. The molecule has 1 aromatic rings. The highest BCUT2D eigenvalue weighted by Crippen LogP contribution is 2.31. The number of nitrogens with zero attached hydrogens (tertiary/aromatic N) is 3. The summed E-state index contributed by atoms with van der Waals surface area (Å²) in [5, 5.41) is 16.4. The van der Waals surface area contributed by atoms with Crippen LogP contribution in [0.15, 0.2) is 6.20 Å². The second-order valence-corrected chi connectivity index (χ2v) is 4.55. The number of rotatable bonds is 3. The molecule has 0 atom stereocenters. The Morgan fingerprint density at radius 3 is 2.60 bits per heavy atom. The van der Waals surface area contributed by atoms with Gasteiger partial charge in [0.1, 0.15) is 5.56 Å². The van der Waals surface area contributed by atoms with Crippen molar-refractivity contribution in [2.24, 2.45) is 5.73 Å². The molecular weight excluding hydrogens is 256 g/mol. The van der Waals surface area contributed by atoms with Crippen molar-refractivity contribution in [3.05, 3.63) is 11.8 Å². The molecule has 0 unspecified atom stereocenters. The molecule has 20 heavy (non-hydrogen) atoms. The number of primary amides is 1. The predicted molar refractivity (Wildman–Crippen MR) is 76.8 cm³/mol. The van der Waals surface area contributed by atoms with Crippen LogP contribution < -0.4 is 16.8 Å². The molecule has 7 nitrogen and oxygen atoms in total. The minimum Gasteiger partial charge on any atom is -0.382 e. The fourth-order valence-corrected chi connectivity index (χ4v) is 2.35. The zero-order valence-corrected chi connectivity index (χ0v) is 12.0. The number of nitrogens with two attached hydrogens (primary N) is 2. The maximum absolute atomic E-state index is 11.2. The highest BCUT2D eigenvalue weighted by atomic mass is 16.1. The van der Waals surface area contributed by atoms with Gasteiger partial charge in [-0.25, -0.2) is 0 Å². The number of nitrogen functional groups attached to an aromatic ring is 1. The van der Waals surface area contributed by atoms with E-state index < -0.39 is 5.91 Å². The SMILES string of the molecule is CC.N#CCC1(n2cc(C(N)=O)c(N)n2)CCNCC1. The summed E-state index contributed by atoms with van der Waals surface area (Å²) in [7, 11) is 0. The Hall–Kier alpha value is -2.07. The molecule has 1 aromatic heterocycles. The molecule has 1 aliphatic heterocycles. The summed E-state index contributed by atoms with van der Waals surface area (Å²) in [6, 6.07) is 2.19. The van der Waals surface area contributed by atoms with Crippen LogP contribution in [0.2, 0.25) is 0 Å². The molecule has 0 aliphatic carbocycles. The largest absolute Gasteiger partial charge is 0.382 e. The van der Waals surface area contributed by atoms with Gasteiger partial charge in [-0.05, 0) is 25.9 Å². The quantitative estimate of drug-likeness (QED) is 0.746. The lowest BCUT2D eigenvalue weighted by atomic mass is 9.86. The Kier molecular flexibility index (Phi) is 5.53. The van der Waals surface area contributed by atoms with Crippen molar-refractivity contribution in [1.29, 1.82) is 5.26 Å². The lowest BCUT2D eigenvalue weighted by Gasteiger charge is -2.36. The smallest absolute Gasteiger partial charge is 0.254 e. The summed E-state index contributed by atoms with van der Waals surface area (Å²) < 4.78 is 1.65. The van der Waals surface area contributed by atoms with Crippen molar-refractivity contribution < 1.29 is 4.79 Å². The van der Waals surface area contributed by atoms with E-state index >= 15 is 0 Å². The Bertz CT molecular complexity index is 495. The van der Waals surface area contributed by atoms with Crippen LogP contribution in [-0.2, 0) is 5.54 Å². The van der Waals surface area contributed by atoms with E-state index in [0.29, 0.717) is 6.42 Å². The van der Waals surface area contributed by atoms with E-state index in [1.54, 1.807) is 10.9 Å². The summed E-state index contributed by atoms with van der Waals surface area (Å²) in [6.45, 7) is 5.63. The summed E-state index contributed by atoms with van der Waals surface area (Å²) >= 11 is 0. The van der Waals surface area contributed by atoms with Gasteiger partial charge in [0.15, 0.2) is 5.82 Å². The zero-order chi connectivity index (χ0) is 15.2. The van der Waals surface area contributed by atoms with Gasteiger partial charge in [0.05, 0.1) is 18.0 Å². The van der Waals surface area contributed by atoms with Gasteiger partial charge >= 0.3 is 0 Å². The van der Waals surface area contributed by atoms with Crippen molar-refractivity contribution in [2.45, 2.75) is 38.6 Å². The number of piperidine rings is 1. The van der Waals surface area contributed by atoms with E-state index in [1.165, 1.54) is 0 Å². The third-order valence-corrected chi connectivity index (χ3v) is 3.44. The molecule has 0 spiro atoms. The molecule has 2 heterocycles. The van der Waals surface area contributed by atoms with Gasteiger partial charge in [0.25, 0.3) is 5.91 Å². The number of aromatic nitrogens is 2. The van der Waals surface area contributed by atoms with Crippen LogP contribution >= 0.6 is 0 Å². The number of hydrogen-bond donors (Lipinski definition) is 3. The van der Waals surface area contributed by atoms with E-state index in [2.05, 4.69) is 16.5 Å². The standard InChI is InChI=1S/C11H16N6O.C2H6/c12-4-1-11(2-5-15-6-3-11)17-7-8(10(14)18)9(13)16-17;1-2/h7,15H,1-3,5-6H2,(H2,13,16)(H2,14,18);1-2H3. The van der Waals surface area contributed by atoms with Crippen molar-refractivity contribution in [2.75, 3.05) is 18.8 Å². The summed E-state index contributed by atoms with van der Waals surface area (Å²) in [5.41, 5.74) is 10.7. The molecule has 1 aliphatic rings. The molecule has 0 aromatic carbocycles. The van der Waals surface area contributed by atoms with Crippen molar-refractivity contribution >= 4 is 11.7 Å². The second kappa shape index (κ2) is 6.91. The number of nitriles is 1. The number of carbonyl (C=O) groups is 1. The van der Waals surface area contributed by atoms with Gasteiger partial charge in [-0.1, -0.05) is 13.8 Å². The topological polar surface area (TPSA) is 123 Å². The van der Waals surface area contributed by atoms with Gasteiger partial charge in [0, 0.05) is 6.20 Å². The van der Waals surface area contributed by atoms with E-state index in [-0.39, 0.29) is 16.9 Å². The number of anilines is 1. The van der Waals surface area contributed by atoms with Crippen LogP contribution in [0.4, 0.5) is 5.82 Å². The molecule has 1 amide bonds. The Balaban J connectivity index is 0.000000956. The first-order valence-electron chi connectivity index (χ1n) is 6.82. The van der Waals surface area contributed by atoms with Crippen LogP contribution in [0.3, 0.4) is 0 Å². The monoisotopic (exact) mass is 278 g/mol. The van der Waals surface area contributed by atoms with Crippen LogP contribution in [0.5, 0.6) is 0 Å². The van der Waals surface area contributed by atoms with E-state index in [1.807, 2.05) is 13.8 Å². The first-order chi connectivity index (χ1) is 9.59. The fourth-order valence-electron chi connectivity index (χ4n) is 2.35. The van der Waals surface area contributed by atoms with Gasteiger partial charge < -0.3 is 16.8 Å². The summed E-state index contributed by atoms with van der Waals surface area (Å²) in [5.74, 6) is -0.474. The molecule has 1 fully saturated rings. The molecule has 0 radical (unpaired) electrons. The molecule has 2 rings (SSSR count). The van der Waals surface area contributed by atoms with Crippen molar-refractivity contribution in [1.82, 2.24) is 15.1 Å². The molecular formula is C13H22N6O. The Morgan fingerprint density at radius 2 is 2.15 bits per heavy atom. The van der Waals surface area contributed by atoms with E-state index in [0.717, 1.165) is 25.9 Å². The first-order valence-corrected chi connectivity index (χ1v) is 6.82. The minimum atomic E-state index is -0.597. The summed E-state index contributed by atoms with van der Waals surface area (Å²) in [6.07, 6.45) is 3.45. The normalized spacial score (nSPS) is 16.6. The lowest BCUT2D eigenvalue weighted by molar-refractivity contribution is 0.100. The van der Waals surface area contributed by atoms with Crippen LogP contribution in [0.25, 0.3) is 0 Å². The molecule has 7 heteroatoms. The molecule has 0 bridgehead atoms. The van der Waals surface area contributed by atoms with Gasteiger partial charge in [-0.3, -0.25) is 9.48 Å². The molecule has 0 saturated carbocycles. The second-order valence-electron chi connectivity index (χ2n) is 4.55. The average Bonchev–Trinajstić information content (AvgIpc) is 2.85. The molecule has 1 saturated heterocycles. The van der Waals surface area contributed by atoms with E-state index in [4.69, 9.17) is 16.7 Å². The third kappa shape index (κ3) is 3.08. The Labute approximate surface area is 118 Å². The van der Waals surface area contributed by atoms with Gasteiger partial charge in [0.2, 0.25) is 0 Å². The van der Waals surface area contributed by atoms with Crippen LogP contribution in [0, 0.1) is 11.3 Å². The van der Waals surface area contributed by atoms with Crippen LogP contribution in [0.1, 0.15) is 43.5 Å². The Morgan fingerprint density at radius 1 is 1.55 bits per heavy atom. The summed E-state index contributed by atoms with van der Waals surface area (Å²) in [4.78, 5) is 11.2. The fraction of sp³-hybridized carbons (Fsp3) is 0.615. The molecule has 5 N–H and O–H groups in total. The minimum absolute atomic E-state index is 0.123. The highest BCUT2D eigenvalue weighted by Gasteiger charge is 2.35. The third-order valence-electron chi connectivity index (χ3n) is 3.44. The van der Waals surface area contributed by atoms with E-state index in [9.17, 15) is 4.79 Å².